The number of amides is 1. The predicted octanol–water partition coefficient (Wildman–Crippen LogP) is 2.32. The summed E-state index contributed by atoms with van der Waals surface area (Å²) in [4.78, 5) is 24.5. The van der Waals surface area contributed by atoms with Gasteiger partial charge in [-0.3, -0.25) is 9.59 Å². The molecular weight excluding hydrogens is 230 g/mol. The van der Waals surface area contributed by atoms with Gasteiger partial charge in [-0.05, 0) is 38.0 Å². The number of carbonyl (C=O) groups is 2. The van der Waals surface area contributed by atoms with Crippen molar-refractivity contribution < 1.29 is 14.7 Å². The second-order valence-electron chi connectivity index (χ2n) is 4.81. The maximum atomic E-state index is 12.1. The van der Waals surface area contributed by atoms with Gasteiger partial charge < -0.3 is 10.0 Å². The fourth-order valence-corrected chi connectivity index (χ4v) is 1.58. The Labute approximate surface area is 107 Å². The van der Waals surface area contributed by atoms with E-state index in [4.69, 9.17) is 5.11 Å². The molecule has 0 bridgehead atoms. The lowest BCUT2D eigenvalue weighted by atomic mass is 9.92. The van der Waals surface area contributed by atoms with Crippen LogP contribution in [-0.2, 0) is 16.0 Å². The number of aliphatic carboxylic acids is 1. The molecule has 1 amide bonds. The first-order chi connectivity index (χ1) is 8.30. The lowest BCUT2D eigenvalue weighted by Gasteiger charge is -2.26. The van der Waals surface area contributed by atoms with Gasteiger partial charge in [-0.25, -0.2) is 0 Å². The number of aryl methyl sites for hydroxylation is 1. The van der Waals surface area contributed by atoms with Crippen LogP contribution in [0.4, 0.5) is 5.69 Å². The first kappa shape index (κ1) is 14.2. The molecule has 0 heterocycles. The lowest BCUT2D eigenvalue weighted by molar-refractivity contribution is -0.152. The van der Waals surface area contributed by atoms with E-state index in [1.54, 1.807) is 7.05 Å². The molecule has 0 saturated carbocycles. The average Bonchev–Trinajstić information content (AvgIpc) is 2.36. The number of carbonyl (C=O) groups excluding carboxylic acids is 1. The van der Waals surface area contributed by atoms with Gasteiger partial charge in [-0.1, -0.05) is 19.1 Å². The van der Waals surface area contributed by atoms with E-state index in [0.717, 1.165) is 6.42 Å². The molecule has 1 N–H and O–H groups in total. The first-order valence-corrected chi connectivity index (χ1v) is 5.91. The van der Waals surface area contributed by atoms with Crippen molar-refractivity contribution in [2.45, 2.75) is 27.2 Å². The van der Waals surface area contributed by atoms with E-state index in [-0.39, 0.29) is 0 Å². The Bertz CT molecular complexity index is 449. The second kappa shape index (κ2) is 5.21. The maximum absolute atomic E-state index is 12.1. The molecule has 0 spiro atoms. The number of hydrogen-bond acceptors (Lipinski definition) is 2. The summed E-state index contributed by atoms with van der Waals surface area (Å²) in [5, 5.41) is 9.04. The minimum Gasteiger partial charge on any atom is -0.480 e. The zero-order chi connectivity index (χ0) is 13.9. The molecule has 0 aliphatic heterocycles. The van der Waals surface area contributed by atoms with E-state index in [0.29, 0.717) is 5.69 Å². The van der Waals surface area contributed by atoms with Crippen LogP contribution < -0.4 is 4.90 Å². The molecule has 0 radical (unpaired) electrons. The van der Waals surface area contributed by atoms with Gasteiger partial charge in [0, 0.05) is 12.7 Å². The molecule has 0 aliphatic carbocycles. The molecule has 0 saturated heterocycles. The van der Waals surface area contributed by atoms with E-state index in [1.165, 1.54) is 24.3 Å². The van der Waals surface area contributed by atoms with Gasteiger partial charge in [0.05, 0.1) is 0 Å². The highest BCUT2D eigenvalue weighted by Gasteiger charge is 2.38. The fraction of sp³-hybridized carbons (Fsp3) is 0.429. The van der Waals surface area contributed by atoms with Crippen LogP contribution in [0.25, 0.3) is 0 Å². The molecule has 0 unspecified atom stereocenters. The van der Waals surface area contributed by atoms with Gasteiger partial charge in [0.25, 0.3) is 0 Å². The summed E-state index contributed by atoms with van der Waals surface area (Å²) < 4.78 is 0. The molecule has 4 heteroatoms. The SMILES string of the molecule is CCc1ccc(N(C)C(=O)C(C)(C)C(=O)O)cc1. The Kier molecular flexibility index (Phi) is 4.11. The summed E-state index contributed by atoms with van der Waals surface area (Å²) in [6.45, 7) is 4.88. The lowest BCUT2D eigenvalue weighted by Crippen LogP contribution is -2.43. The number of carboxylic acid groups (broad SMARTS) is 1. The van der Waals surface area contributed by atoms with Crippen molar-refractivity contribution in [1.82, 2.24) is 0 Å². The number of nitrogens with zero attached hydrogens (tertiary/aromatic N) is 1. The Hall–Kier alpha value is -1.84. The van der Waals surface area contributed by atoms with Gasteiger partial charge >= 0.3 is 5.97 Å². The highest BCUT2D eigenvalue weighted by molar-refractivity contribution is 6.08. The van der Waals surface area contributed by atoms with E-state index < -0.39 is 17.3 Å². The molecule has 0 fully saturated rings. The Morgan fingerprint density at radius 3 is 2.11 bits per heavy atom. The topological polar surface area (TPSA) is 57.6 Å². The van der Waals surface area contributed by atoms with E-state index in [2.05, 4.69) is 6.92 Å². The molecule has 0 aliphatic rings. The number of anilines is 1. The van der Waals surface area contributed by atoms with Crippen molar-refractivity contribution in [3.05, 3.63) is 29.8 Å². The summed E-state index contributed by atoms with van der Waals surface area (Å²) in [5.74, 6) is -1.55. The summed E-state index contributed by atoms with van der Waals surface area (Å²) in [6.07, 6.45) is 0.929. The average molecular weight is 249 g/mol. The van der Waals surface area contributed by atoms with Crippen molar-refractivity contribution in [1.29, 1.82) is 0 Å². The van der Waals surface area contributed by atoms with Crippen LogP contribution in [0.15, 0.2) is 24.3 Å². The third-order valence-corrected chi connectivity index (χ3v) is 3.11. The zero-order valence-electron chi connectivity index (χ0n) is 11.2. The van der Waals surface area contributed by atoms with Crippen molar-refractivity contribution in [3.63, 3.8) is 0 Å². The molecule has 1 aromatic carbocycles. The summed E-state index contributed by atoms with van der Waals surface area (Å²) in [6, 6.07) is 7.53. The molecule has 1 aromatic rings. The molecule has 0 atom stereocenters. The monoisotopic (exact) mass is 249 g/mol. The summed E-state index contributed by atoms with van der Waals surface area (Å²) >= 11 is 0. The van der Waals surface area contributed by atoms with E-state index in [1.807, 2.05) is 24.3 Å². The molecule has 18 heavy (non-hydrogen) atoms. The first-order valence-electron chi connectivity index (χ1n) is 5.91. The van der Waals surface area contributed by atoms with Crippen molar-refractivity contribution in [2.24, 2.45) is 5.41 Å². The van der Waals surface area contributed by atoms with Crippen LogP contribution in [0.3, 0.4) is 0 Å². The number of rotatable bonds is 4. The fourth-order valence-electron chi connectivity index (χ4n) is 1.58. The van der Waals surface area contributed by atoms with Crippen LogP contribution in [0.2, 0.25) is 0 Å². The zero-order valence-corrected chi connectivity index (χ0v) is 11.2. The minimum absolute atomic E-state index is 0.431. The van der Waals surface area contributed by atoms with Gasteiger partial charge in [0.1, 0.15) is 5.41 Å². The molecule has 0 aromatic heterocycles. The van der Waals surface area contributed by atoms with Gasteiger partial charge in [-0.2, -0.15) is 0 Å². The molecule has 1 rings (SSSR count). The van der Waals surface area contributed by atoms with Crippen LogP contribution >= 0.6 is 0 Å². The highest BCUT2D eigenvalue weighted by atomic mass is 16.4. The Balaban J connectivity index is 2.96. The molecule has 98 valence electrons. The highest BCUT2D eigenvalue weighted by Crippen LogP contribution is 2.23. The summed E-state index contributed by atoms with van der Waals surface area (Å²) in [5.41, 5.74) is 0.460. The Morgan fingerprint density at radius 2 is 1.72 bits per heavy atom. The largest absolute Gasteiger partial charge is 0.480 e. The van der Waals surface area contributed by atoms with E-state index >= 15 is 0 Å². The van der Waals surface area contributed by atoms with Crippen molar-refractivity contribution >= 4 is 17.6 Å². The van der Waals surface area contributed by atoms with Crippen LogP contribution in [0.5, 0.6) is 0 Å². The predicted molar refractivity (Wildman–Crippen MR) is 70.6 cm³/mol. The van der Waals surface area contributed by atoms with Gasteiger partial charge in [0.15, 0.2) is 0 Å². The third-order valence-electron chi connectivity index (χ3n) is 3.11. The quantitative estimate of drug-likeness (QED) is 0.833. The number of benzene rings is 1. The van der Waals surface area contributed by atoms with Crippen molar-refractivity contribution in [2.75, 3.05) is 11.9 Å². The van der Waals surface area contributed by atoms with Gasteiger partial charge in [-0.15, -0.1) is 0 Å². The van der Waals surface area contributed by atoms with Crippen LogP contribution in [0.1, 0.15) is 26.3 Å². The van der Waals surface area contributed by atoms with E-state index in [9.17, 15) is 9.59 Å². The standard InChI is InChI=1S/C14H19NO3/c1-5-10-6-8-11(9-7-10)15(4)12(16)14(2,3)13(17)18/h6-9H,5H2,1-4H3,(H,17,18). The maximum Gasteiger partial charge on any atom is 0.318 e. The normalized spacial score (nSPS) is 11.1. The van der Waals surface area contributed by atoms with Gasteiger partial charge in [0.2, 0.25) is 5.91 Å². The molecule has 4 nitrogen and oxygen atoms in total. The third kappa shape index (κ3) is 2.70. The number of hydrogen-bond donors (Lipinski definition) is 1. The Morgan fingerprint density at radius 1 is 1.22 bits per heavy atom. The van der Waals surface area contributed by atoms with Crippen molar-refractivity contribution in [3.8, 4) is 0 Å². The summed E-state index contributed by atoms with van der Waals surface area (Å²) in [7, 11) is 1.59. The van der Waals surface area contributed by atoms with Crippen LogP contribution in [0, 0.1) is 5.41 Å². The minimum atomic E-state index is -1.42. The second-order valence-corrected chi connectivity index (χ2v) is 4.81. The smallest absolute Gasteiger partial charge is 0.318 e. The number of carboxylic acids is 1. The van der Waals surface area contributed by atoms with Crippen LogP contribution in [-0.4, -0.2) is 24.0 Å². The molecular formula is C14H19NO3.